The topological polar surface area (TPSA) is 241 Å². The molecule has 19 heteroatoms. The smallest absolute Gasteiger partial charge is 0.475 e. The van der Waals surface area contributed by atoms with Gasteiger partial charge in [-0.05, 0) is 112 Å². The molecular formula is C42H50F3N7O9. The number of nitrogens with zero attached hydrogens (tertiary/aromatic N) is 1. The lowest BCUT2D eigenvalue weighted by atomic mass is 9.81. The number of carbonyl (C=O) groups is 6. The fraction of sp³-hybridized carbons (Fsp3) is 0.405. The zero-order valence-electron chi connectivity index (χ0n) is 34.1. The van der Waals surface area contributed by atoms with Crippen molar-refractivity contribution in [2.24, 2.45) is 11.8 Å². The molecular weight excluding hydrogens is 803 g/mol. The number of alkyl halides is 3. The van der Waals surface area contributed by atoms with Crippen molar-refractivity contribution < 1.29 is 56.9 Å². The number of hydrogen-bond acceptors (Lipinski definition) is 8. The van der Waals surface area contributed by atoms with Gasteiger partial charge in [0.05, 0.1) is 11.7 Å². The number of carboxylic acid groups (broad SMARTS) is 2. The van der Waals surface area contributed by atoms with Crippen molar-refractivity contribution in [2.45, 2.75) is 77.6 Å². The molecule has 5 amide bonds. The van der Waals surface area contributed by atoms with E-state index in [1.807, 2.05) is 49.4 Å². The molecule has 3 aromatic carbocycles. The third-order valence-electron chi connectivity index (χ3n) is 9.62. The molecule has 16 nitrogen and oxygen atoms in total. The molecule has 0 unspecified atom stereocenters. The number of fused-ring (bicyclic) bond motifs is 1. The van der Waals surface area contributed by atoms with E-state index in [9.17, 15) is 37.1 Å². The van der Waals surface area contributed by atoms with E-state index in [-0.39, 0.29) is 49.1 Å². The Morgan fingerprint density at radius 1 is 0.869 bits per heavy atom. The van der Waals surface area contributed by atoms with Gasteiger partial charge in [-0.1, -0.05) is 30.3 Å². The Labute approximate surface area is 349 Å². The SMILES string of the molecule is Cc1cc(C(=O)NCCNC(=O)OC(C)(C)C)ccc1-c1ccc(C[C@H](NC(=O)C2CCC(CNC(=O)O)CC2)C(=O)Nc2ccc3cn[nH]c3c2)cc1.O=C(O)C(F)(F)F. The molecule has 0 aliphatic heterocycles. The molecule has 0 saturated heterocycles. The van der Waals surface area contributed by atoms with Crippen LogP contribution >= 0.6 is 0 Å². The number of aryl methyl sites for hydroxylation is 1. The monoisotopic (exact) mass is 853 g/mol. The average molecular weight is 854 g/mol. The van der Waals surface area contributed by atoms with Gasteiger partial charge in [0.15, 0.2) is 0 Å². The molecule has 0 radical (unpaired) electrons. The number of benzene rings is 3. The molecule has 1 heterocycles. The number of aromatic nitrogens is 2. The van der Waals surface area contributed by atoms with E-state index in [1.54, 1.807) is 45.2 Å². The number of anilines is 1. The number of carboxylic acids is 1. The van der Waals surface area contributed by atoms with Gasteiger partial charge in [-0.15, -0.1) is 0 Å². The fourth-order valence-corrected chi connectivity index (χ4v) is 6.55. The number of H-pyrrole nitrogens is 1. The molecule has 0 spiro atoms. The maximum absolute atomic E-state index is 13.7. The Hall–Kier alpha value is -6.66. The highest BCUT2D eigenvalue weighted by molar-refractivity contribution is 5.99. The van der Waals surface area contributed by atoms with Crippen LogP contribution in [0.3, 0.4) is 0 Å². The molecule has 1 saturated carbocycles. The number of halogens is 3. The van der Waals surface area contributed by atoms with E-state index in [0.717, 1.165) is 46.0 Å². The minimum absolute atomic E-state index is 0.178. The molecule has 0 bridgehead atoms. The standard InChI is InChI=1S/C40H49N7O7.C2HF3O2/c1-24-19-29(35(48)41-17-18-42-39(53)54-40(2,3)4)14-16-32(24)27-9-5-25(6-10-27)20-34(37(50)45-31-15-13-30-23-44-47-33(30)21-31)46-36(49)28-11-7-26(8-12-28)22-43-38(51)52;3-2(4,5)1(6)7/h5-6,9-10,13-16,19,21,23,26,28,34,43H,7-8,11-12,17-18,20,22H2,1-4H3,(H,41,48)(H,42,53)(H,44,47)(H,45,50)(H,46,49)(H,51,52);(H,6,7)/t26?,28?,34-;/m0./s1. The highest BCUT2D eigenvalue weighted by Gasteiger charge is 2.38. The van der Waals surface area contributed by atoms with E-state index < -0.39 is 36.0 Å². The van der Waals surface area contributed by atoms with Crippen molar-refractivity contribution in [3.8, 4) is 11.1 Å². The summed E-state index contributed by atoms with van der Waals surface area (Å²) in [5.74, 6) is -3.66. The lowest BCUT2D eigenvalue weighted by Gasteiger charge is -2.29. The first-order valence-electron chi connectivity index (χ1n) is 19.4. The van der Waals surface area contributed by atoms with Crippen LogP contribution in [0, 0.1) is 18.8 Å². The Balaban J connectivity index is 0.00000107. The minimum atomic E-state index is -5.08. The highest BCUT2D eigenvalue weighted by atomic mass is 19.4. The quantitative estimate of drug-likeness (QED) is 0.0712. The largest absolute Gasteiger partial charge is 0.490 e. The second-order valence-corrected chi connectivity index (χ2v) is 15.5. The van der Waals surface area contributed by atoms with Crippen LogP contribution in [0.1, 0.15) is 67.9 Å². The van der Waals surface area contributed by atoms with E-state index >= 15 is 0 Å². The second-order valence-electron chi connectivity index (χ2n) is 15.5. The van der Waals surface area contributed by atoms with Crippen molar-refractivity contribution in [1.82, 2.24) is 31.5 Å². The molecule has 1 aliphatic carbocycles. The molecule has 4 aromatic rings. The summed E-state index contributed by atoms with van der Waals surface area (Å²) < 4.78 is 36.9. The summed E-state index contributed by atoms with van der Waals surface area (Å²) in [5, 5.41) is 37.7. The van der Waals surface area contributed by atoms with Gasteiger partial charge >= 0.3 is 24.3 Å². The first-order chi connectivity index (χ1) is 28.7. The molecule has 61 heavy (non-hydrogen) atoms. The Bertz CT molecular complexity index is 2180. The van der Waals surface area contributed by atoms with Gasteiger partial charge in [0.2, 0.25) is 11.8 Å². The minimum Gasteiger partial charge on any atom is -0.475 e. The van der Waals surface area contributed by atoms with Crippen LogP contribution in [-0.2, 0) is 25.5 Å². The van der Waals surface area contributed by atoms with Crippen LogP contribution in [0.25, 0.3) is 22.0 Å². The lowest BCUT2D eigenvalue weighted by molar-refractivity contribution is -0.192. The van der Waals surface area contributed by atoms with Crippen LogP contribution in [-0.4, -0.2) is 93.7 Å². The van der Waals surface area contributed by atoms with Gasteiger partial charge in [-0.2, -0.15) is 18.3 Å². The summed E-state index contributed by atoms with van der Waals surface area (Å²) >= 11 is 0. The number of ether oxygens (including phenoxy) is 1. The van der Waals surface area contributed by atoms with Gasteiger partial charge in [-0.25, -0.2) is 14.4 Å². The van der Waals surface area contributed by atoms with Crippen LogP contribution in [0.4, 0.5) is 28.4 Å². The first-order valence-corrected chi connectivity index (χ1v) is 19.4. The summed E-state index contributed by atoms with van der Waals surface area (Å²) in [7, 11) is 0. The molecule has 5 rings (SSSR count). The lowest BCUT2D eigenvalue weighted by Crippen LogP contribution is -2.48. The van der Waals surface area contributed by atoms with E-state index in [1.165, 1.54) is 0 Å². The Kier molecular flexibility index (Phi) is 16.2. The molecule has 1 fully saturated rings. The third kappa shape index (κ3) is 15.1. The van der Waals surface area contributed by atoms with E-state index in [4.69, 9.17) is 19.7 Å². The predicted octanol–water partition coefficient (Wildman–Crippen LogP) is 6.17. The summed E-state index contributed by atoms with van der Waals surface area (Å²) in [4.78, 5) is 71.6. The number of rotatable bonds is 13. The number of nitrogens with one attached hydrogen (secondary N) is 6. The molecule has 328 valence electrons. The van der Waals surface area contributed by atoms with Gasteiger partial charge < -0.3 is 41.5 Å². The van der Waals surface area contributed by atoms with Gasteiger partial charge in [0, 0.05) is 48.6 Å². The fourth-order valence-electron chi connectivity index (χ4n) is 6.55. The summed E-state index contributed by atoms with van der Waals surface area (Å²) in [6.07, 6.45) is -2.06. The first kappa shape index (κ1) is 47.0. The van der Waals surface area contributed by atoms with Gasteiger partial charge in [-0.3, -0.25) is 19.5 Å². The summed E-state index contributed by atoms with van der Waals surface area (Å²) in [6.45, 7) is 8.10. The summed E-state index contributed by atoms with van der Waals surface area (Å²) in [6, 6.07) is 17.8. The Morgan fingerprint density at radius 2 is 1.52 bits per heavy atom. The second kappa shape index (κ2) is 21.0. The van der Waals surface area contributed by atoms with Gasteiger partial charge in [0.25, 0.3) is 5.91 Å². The van der Waals surface area contributed by atoms with Crippen molar-refractivity contribution in [1.29, 1.82) is 0 Å². The maximum Gasteiger partial charge on any atom is 0.490 e. The van der Waals surface area contributed by atoms with Crippen molar-refractivity contribution in [2.75, 3.05) is 25.0 Å². The summed E-state index contributed by atoms with van der Waals surface area (Å²) in [5.41, 5.74) is 4.85. The molecule has 1 aromatic heterocycles. The van der Waals surface area contributed by atoms with Crippen molar-refractivity contribution in [3.63, 3.8) is 0 Å². The number of aliphatic carboxylic acids is 1. The average Bonchev–Trinajstić information content (AvgIpc) is 3.66. The normalized spacial score (nSPS) is 15.6. The highest BCUT2D eigenvalue weighted by Crippen LogP contribution is 2.29. The Morgan fingerprint density at radius 3 is 2.13 bits per heavy atom. The number of alkyl carbamates (subject to hydrolysis) is 1. The maximum atomic E-state index is 13.7. The number of carbonyl (C=O) groups excluding carboxylic acids is 4. The van der Waals surface area contributed by atoms with Crippen LogP contribution in [0.5, 0.6) is 0 Å². The predicted molar refractivity (Wildman–Crippen MR) is 219 cm³/mol. The van der Waals surface area contributed by atoms with Gasteiger partial charge in [0.1, 0.15) is 11.6 Å². The van der Waals surface area contributed by atoms with Crippen LogP contribution in [0.15, 0.2) is 66.9 Å². The molecule has 1 atom stereocenters. The molecule has 8 N–H and O–H groups in total. The number of aromatic amines is 1. The van der Waals surface area contributed by atoms with Crippen LogP contribution in [0.2, 0.25) is 0 Å². The zero-order chi connectivity index (χ0) is 44.9. The van der Waals surface area contributed by atoms with Crippen molar-refractivity contribution in [3.05, 3.63) is 83.6 Å². The number of amides is 5. The number of hydrogen-bond donors (Lipinski definition) is 8. The third-order valence-corrected chi connectivity index (χ3v) is 9.62. The molecule has 1 aliphatic rings. The van der Waals surface area contributed by atoms with E-state index in [0.29, 0.717) is 30.6 Å². The van der Waals surface area contributed by atoms with Crippen molar-refractivity contribution >= 4 is 52.5 Å². The van der Waals surface area contributed by atoms with Crippen LogP contribution < -0.4 is 26.6 Å². The zero-order valence-corrected chi connectivity index (χ0v) is 34.1. The van der Waals surface area contributed by atoms with E-state index in [2.05, 4.69) is 36.8 Å².